The van der Waals surface area contributed by atoms with Crippen LogP contribution in [-0.4, -0.2) is 52.4 Å². The molecule has 30 heavy (non-hydrogen) atoms. The van der Waals surface area contributed by atoms with Crippen molar-refractivity contribution < 1.29 is 19.0 Å². The van der Waals surface area contributed by atoms with Crippen molar-refractivity contribution in [3.05, 3.63) is 42.2 Å². The van der Waals surface area contributed by atoms with Crippen LogP contribution in [-0.2, 0) is 20.9 Å². The van der Waals surface area contributed by atoms with E-state index >= 15 is 0 Å². The molecule has 3 heterocycles. The molecular formula is C22H28N4O4. The third-order valence-electron chi connectivity index (χ3n) is 6.36. The van der Waals surface area contributed by atoms with Crippen LogP contribution in [0.4, 0.5) is 0 Å². The number of rotatable bonds is 6. The van der Waals surface area contributed by atoms with Crippen LogP contribution in [0.1, 0.15) is 43.8 Å². The molecule has 160 valence electrons. The number of nitrogens with one attached hydrogen (secondary N) is 1. The predicted molar refractivity (Wildman–Crippen MR) is 108 cm³/mol. The molecule has 3 fully saturated rings. The Morgan fingerprint density at radius 1 is 1.10 bits per heavy atom. The number of nitrogens with zero attached hydrogens (tertiary/aromatic N) is 3. The zero-order chi connectivity index (χ0) is 20.3. The smallest absolute Gasteiger partial charge is 0.223 e. The van der Waals surface area contributed by atoms with Crippen molar-refractivity contribution in [3.8, 4) is 5.75 Å². The SMILES string of the molecule is O=C(N[C@H]1CO[C@H]2[C@@H]1OC[C@@H]2n1cc(COc2ccccc2)nn1)C1CCCCC1. The van der Waals surface area contributed by atoms with E-state index in [1.54, 1.807) is 4.68 Å². The lowest BCUT2D eigenvalue weighted by atomic mass is 9.88. The van der Waals surface area contributed by atoms with E-state index < -0.39 is 0 Å². The summed E-state index contributed by atoms with van der Waals surface area (Å²) in [5.41, 5.74) is 0.752. The third-order valence-corrected chi connectivity index (χ3v) is 6.36. The molecule has 8 heteroatoms. The van der Waals surface area contributed by atoms with Crippen molar-refractivity contribution in [2.75, 3.05) is 13.2 Å². The minimum atomic E-state index is -0.143. The Kier molecular flexibility index (Phi) is 5.68. The van der Waals surface area contributed by atoms with Gasteiger partial charge in [-0.2, -0.15) is 0 Å². The van der Waals surface area contributed by atoms with E-state index in [1.165, 1.54) is 6.42 Å². The lowest BCUT2D eigenvalue weighted by molar-refractivity contribution is -0.127. The maximum atomic E-state index is 12.6. The summed E-state index contributed by atoms with van der Waals surface area (Å²) in [5, 5.41) is 11.7. The fourth-order valence-corrected chi connectivity index (χ4v) is 4.71. The van der Waals surface area contributed by atoms with Gasteiger partial charge in [-0.15, -0.1) is 5.10 Å². The molecule has 1 amide bonds. The number of hydrogen-bond donors (Lipinski definition) is 1. The zero-order valence-corrected chi connectivity index (χ0v) is 17.0. The number of ether oxygens (including phenoxy) is 3. The molecule has 2 aromatic rings. The second kappa shape index (κ2) is 8.73. The first-order valence-corrected chi connectivity index (χ1v) is 10.9. The van der Waals surface area contributed by atoms with Gasteiger partial charge in [0.2, 0.25) is 5.91 Å². The van der Waals surface area contributed by atoms with Gasteiger partial charge in [0, 0.05) is 5.92 Å². The monoisotopic (exact) mass is 412 g/mol. The Labute approximate surface area is 175 Å². The van der Waals surface area contributed by atoms with Crippen LogP contribution >= 0.6 is 0 Å². The van der Waals surface area contributed by atoms with Gasteiger partial charge in [0.15, 0.2) is 0 Å². The average Bonchev–Trinajstić information content (AvgIpc) is 3.51. The standard InChI is InChI=1S/C22H28N4O4/c27-22(15-7-3-1-4-8-15)23-18-13-29-21-19(14-30-20(18)21)26-11-16(24-25-26)12-28-17-9-5-2-6-10-17/h2,5-6,9-11,15,18-21H,1,3-4,7-8,12-14H2,(H,23,27)/t18-,19-,20+,21+/m0/s1. The summed E-state index contributed by atoms with van der Waals surface area (Å²) in [7, 11) is 0. The quantitative estimate of drug-likeness (QED) is 0.783. The van der Waals surface area contributed by atoms with Gasteiger partial charge in [0.25, 0.3) is 0 Å². The highest BCUT2D eigenvalue weighted by molar-refractivity contribution is 5.79. The number of para-hydroxylation sites is 1. The first-order chi connectivity index (χ1) is 14.8. The first kappa shape index (κ1) is 19.5. The Bertz CT molecular complexity index is 852. The highest BCUT2D eigenvalue weighted by Crippen LogP contribution is 2.34. The Morgan fingerprint density at radius 2 is 1.90 bits per heavy atom. The molecule has 5 rings (SSSR count). The van der Waals surface area contributed by atoms with E-state index in [0.717, 1.165) is 37.1 Å². The summed E-state index contributed by atoms with van der Waals surface area (Å²) >= 11 is 0. The highest BCUT2D eigenvalue weighted by Gasteiger charge is 2.49. The average molecular weight is 412 g/mol. The van der Waals surface area contributed by atoms with Gasteiger partial charge in [0.1, 0.15) is 36.3 Å². The number of aromatic nitrogens is 3. The number of carbonyl (C=O) groups excluding carboxylic acids is 1. The van der Waals surface area contributed by atoms with Crippen molar-refractivity contribution in [1.29, 1.82) is 0 Å². The molecule has 0 spiro atoms. The lowest BCUT2D eigenvalue weighted by Crippen LogP contribution is -2.46. The molecule has 1 N–H and O–H groups in total. The van der Waals surface area contributed by atoms with Crippen molar-refractivity contribution in [2.45, 2.75) is 63.0 Å². The fourth-order valence-electron chi connectivity index (χ4n) is 4.71. The fraction of sp³-hybridized carbons (Fsp3) is 0.591. The van der Waals surface area contributed by atoms with Crippen LogP contribution in [0, 0.1) is 5.92 Å². The molecule has 2 saturated heterocycles. The van der Waals surface area contributed by atoms with E-state index in [9.17, 15) is 4.79 Å². The summed E-state index contributed by atoms with van der Waals surface area (Å²) in [6.07, 6.45) is 7.12. The predicted octanol–water partition coefficient (Wildman–Crippen LogP) is 2.26. The van der Waals surface area contributed by atoms with Crippen LogP contribution in [0.15, 0.2) is 36.5 Å². The second-order valence-corrected chi connectivity index (χ2v) is 8.40. The van der Waals surface area contributed by atoms with Gasteiger partial charge in [-0.1, -0.05) is 42.7 Å². The summed E-state index contributed by atoms with van der Waals surface area (Å²) in [6, 6.07) is 9.49. The molecule has 4 atom stereocenters. The molecule has 1 aromatic heterocycles. The number of benzene rings is 1. The molecule has 8 nitrogen and oxygen atoms in total. The van der Waals surface area contributed by atoms with Gasteiger partial charge in [-0.3, -0.25) is 4.79 Å². The van der Waals surface area contributed by atoms with E-state index in [2.05, 4.69) is 15.6 Å². The maximum Gasteiger partial charge on any atom is 0.223 e. The number of amides is 1. The molecular weight excluding hydrogens is 384 g/mol. The maximum absolute atomic E-state index is 12.6. The Morgan fingerprint density at radius 3 is 2.73 bits per heavy atom. The summed E-state index contributed by atoms with van der Waals surface area (Å²) in [6.45, 7) is 1.32. The summed E-state index contributed by atoms with van der Waals surface area (Å²) in [4.78, 5) is 12.6. The number of fused-ring (bicyclic) bond motifs is 1. The normalized spacial score (nSPS) is 28.9. The van der Waals surface area contributed by atoms with E-state index in [4.69, 9.17) is 14.2 Å². The van der Waals surface area contributed by atoms with Crippen LogP contribution in [0.3, 0.4) is 0 Å². The minimum absolute atomic E-state index is 0.0513. The van der Waals surface area contributed by atoms with Crippen molar-refractivity contribution in [1.82, 2.24) is 20.3 Å². The van der Waals surface area contributed by atoms with Gasteiger partial charge in [-0.25, -0.2) is 4.68 Å². The lowest BCUT2D eigenvalue weighted by Gasteiger charge is -2.24. The van der Waals surface area contributed by atoms with Crippen molar-refractivity contribution in [3.63, 3.8) is 0 Å². The summed E-state index contributed by atoms with van der Waals surface area (Å²) < 4.78 is 19.6. The topological polar surface area (TPSA) is 87.5 Å². The number of hydrogen-bond acceptors (Lipinski definition) is 6. The minimum Gasteiger partial charge on any atom is -0.487 e. The van der Waals surface area contributed by atoms with Gasteiger partial charge >= 0.3 is 0 Å². The van der Waals surface area contributed by atoms with Crippen LogP contribution in [0.25, 0.3) is 0 Å². The van der Waals surface area contributed by atoms with E-state index in [-0.39, 0.29) is 36.1 Å². The number of carbonyl (C=O) groups is 1. The van der Waals surface area contributed by atoms with Gasteiger partial charge in [-0.05, 0) is 25.0 Å². The van der Waals surface area contributed by atoms with Crippen molar-refractivity contribution in [2.24, 2.45) is 5.92 Å². The molecule has 0 bridgehead atoms. The zero-order valence-electron chi connectivity index (χ0n) is 17.0. The molecule has 1 aliphatic carbocycles. The van der Waals surface area contributed by atoms with E-state index in [1.807, 2.05) is 36.5 Å². The van der Waals surface area contributed by atoms with Crippen LogP contribution in [0.2, 0.25) is 0 Å². The second-order valence-electron chi connectivity index (χ2n) is 8.40. The van der Waals surface area contributed by atoms with Gasteiger partial charge in [0.05, 0.1) is 25.5 Å². The van der Waals surface area contributed by atoms with Gasteiger partial charge < -0.3 is 19.5 Å². The van der Waals surface area contributed by atoms with Crippen LogP contribution < -0.4 is 10.1 Å². The summed E-state index contributed by atoms with van der Waals surface area (Å²) in [5.74, 6) is 1.08. The van der Waals surface area contributed by atoms with Crippen LogP contribution in [0.5, 0.6) is 5.75 Å². The first-order valence-electron chi connectivity index (χ1n) is 10.9. The Balaban J connectivity index is 1.17. The molecule has 0 unspecified atom stereocenters. The molecule has 1 aromatic carbocycles. The third kappa shape index (κ3) is 4.06. The Hall–Kier alpha value is -2.45. The molecule has 3 aliphatic rings. The highest BCUT2D eigenvalue weighted by atomic mass is 16.6. The molecule has 1 saturated carbocycles. The van der Waals surface area contributed by atoms with Crippen molar-refractivity contribution >= 4 is 5.91 Å². The molecule has 0 radical (unpaired) electrons. The van der Waals surface area contributed by atoms with E-state index in [0.29, 0.717) is 19.8 Å². The largest absolute Gasteiger partial charge is 0.487 e. The molecule has 2 aliphatic heterocycles.